The third-order valence-electron chi connectivity index (χ3n) is 3.09. The molecule has 0 amide bonds. The highest BCUT2D eigenvalue weighted by atomic mass is 31.2. The normalized spacial score (nSPS) is 15.5. The summed E-state index contributed by atoms with van der Waals surface area (Å²) in [6.45, 7) is 8.43. The van der Waals surface area contributed by atoms with Crippen LogP contribution in [0.1, 0.15) is 27.7 Å². The zero-order chi connectivity index (χ0) is 17.0. The van der Waals surface area contributed by atoms with Gasteiger partial charge in [-0.05, 0) is 24.5 Å². The number of fused-ring (bicyclic) bond motifs is 1. The van der Waals surface area contributed by atoms with Crippen LogP contribution in [0.5, 0.6) is 0 Å². The maximum Gasteiger partial charge on any atom is 0.364 e. The molecule has 0 aliphatic heterocycles. The zero-order valence-electron chi connectivity index (χ0n) is 13.5. The molecule has 2 atom stereocenters. The fraction of sp³-hybridized carbons (Fsp3) is 0.438. The van der Waals surface area contributed by atoms with Crippen molar-refractivity contribution >= 4 is 18.6 Å². The SMILES string of the molecule is CC(OP(C)(=O)F)C(C)(C)C.O=c1ccc2ccccc2o1. The van der Waals surface area contributed by atoms with Crippen molar-refractivity contribution in [3.63, 3.8) is 0 Å². The molecule has 6 heteroatoms. The van der Waals surface area contributed by atoms with Crippen LogP contribution in [0.3, 0.4) is 0 Å². The van der Waals surface area contributed by atoms with E-state index in [1.807, 2.05) is 39.0 Å². The Labute approximate surface area is 129 Å². The van der Waals surface area contributed by atoms with Gasteiger partial charge in [0.15, 0.2) is 0 Å². The molecule has 0 bridgehead atoms. The molecule has 2 rings (SSSR count). The Bertz CT molecular complexity index is 712. The van der Waals surface area contributed by atoms with Crippen molar-refractivity contribution in [2.24, 2.45) is 5.41 Å². The third kappa shape index (κ3) is 6.54. The molecule has 4 nitrogen and oxygen atoms in total. The number of para-hydroxylation sites is 1. The maximum atomic E-state index is 12.5. The van der Waals surface area contributed by atoms with Gasteiger partial charge in [-0.1, -0.05) is 39.0 Å². The summed E-state index contributed by atoms with van der Waals surface area (Å²) in [4.78, 5) is 10.7. The van der Waals surface area contributed by atoms with E-state index in [1.54, 1.807) is 19.1 Å². The molecule has 0 fully saturated rings. The molecule has 22 heavy (non-hydrogen) atoms. The van der Waals surface area contributed by atoms with Gasteiger partial charge < -0.3 is 8.94 Å². The zero-order valence-corrected chi connectivity index (χ0v) is 14.4. The van der Waals surface area contributed by atoms with E-state index in [1.165, 1.54) is 6.07 Å². The van der Waals surface area contributed by atoms with E-state index in [0.717, 1.165) is 12.1 Å². The molecule has 0 spiro atoms. The number of halogens is 1. The molecule has 0 saturated carbocycles. The summed E-state index contributed by atoms with van der Waals surface area (Å²) >= 11 is 0. The van der Waals surface area contributed by atoms with Crippen molar-refractivity contribution < 1.29 is 17.7 Å². The van der Waals surface area contributed by atoms with Gasteiger partial charge in [-0.15, -0.1) is 0 Å². The predicted octanol–water partition coefficient (Wildman–Crippen LogP) is 5.02. The fourth-order valence-corrected chi connectivity index (χ4v) is 2.33. The van der Waals surface area contributed by atoms with Gasteiger partial charge >= 0.3 is 13.3 Å². The smallest absolute Gasteiger partial charge is 0.364 e. The van der Waals surface area contributed by atoms with Gasteiger partial charge in [-0.25, -0.2) is 4.79 Å². The summed E-state index contributed by atoms with van der Waals surface area (Å²) < 4.78 is 32.7. The van der Waals surface area contributed by atoms with E-state index in [4.69, 9.17) is 8.94 Å². The van der Waals surface area contributed by atoms with Crippen LogP contribution >= 0.6 is 7.68 Å². The van der Waals surface area contributed by atoms with E-state index >= 15 is 0 Å². The van der Waals surface area contributed by atoms with E-state index in [9.17, 15) is 13.6 Å². The van der Waals surface area contributed by atoms with E-state index in [-0.39, 0.29) is 17.1 Å². The fourth-order valence-electron chi connectivity index (χ4n) is 1.45. The molecule has 0 saturated heterocycles. The number of rotatable bonds is 2. The lowest BCUT2D eigenvalue weighted by molar-refractivity contribution is 0.0989. The molecule has 122 valence electrons. The Balaban J connectivity index is 0.000000220. The molecule has 0 aliphatic carbocycles. The van der Waals surface area contributed by atoms with Crippen LogP contribution in [0, 0.1) is 5.41 Å². The number of hydrogen-bond donors (Lipinski definition) is 0. The van der Waals surface area contributed by atoms with Crippen molar-refractivity contribution in [1.82, 2.24) is 0 Å². The lowest BCUT2D eigenvalue weighted by Crippen LogP contribution is -2.24. The van der Waals surface area contributed by atoms with E-state index in [0.29, 0.717) is 5.58 Å². The second kappa shape index (κ2) is 7.21. The first-order chi connectivity index (χ1) is 9.99. The first kappa shape index (κ1) is 18.6. The molecule has 1 heterocycles. The summed E-state index contributed by atoms with van der Waals surface area (Å²) in [5.74, 6) is 0. The lowest BCUT2D eigenvalue weighted by atomic mass is 9.91. The lowest BCUT2D eigenvalue weighted by Gasteiger charge is -2.27. The van der Waals surface area contributed by atoms with Crippen LogP contribution in [-0.4, -0.2) is 12.8 Å². The van der Waals surface area contributed by atoms with Crippen molar-refractivity contribution in [2.45, 2.75) is 33.8 Å². The first-order valence-corrected chi connectivity index (χ1v) is 8.90. The average molecular weight is 328 g/mol. The van der Waals surface area contributed by atoms with Gasteiger partial charge in [0, 0.05) is 18.1 Å². The van der Waals surface area contributed by atoms with Crippen molar-refractivity contribution in [3.8, 4) is 0 Å². The van der Waals surface area contributed by atoms with Gasteiger partial charge in [0.25, 0.3) is 0 Å². The quantitative estimate of drug-likeness (QED) is 0.573. The van der Waals surface area contributed by atoms with E-state index in [2.05, 4.69) is 0 Å². The Hall–Kier alpha value is -1.45. The van der Waals surface area contributed by atoms with Crippen LogP contribution in [0.4, 0.5) is 4.20 Å². The van der Waals surface area contributed by atoms with Gasteiger partial charge in [0.1, 0.15) is 5.58 Å². The monoisotopic (exact) mass is 328 g/mol. The Morgan fingerprint density at radius 3 is 2.27 bits per heavy atom. The first-order valence-electron chi connectivity index (χ1n) is 6.93. The molecular formula is C16H22FO4P. The predicted molar refractivity (Wildman–Crippen MR) is 87.1 cm³/mol. The van der Waals surface area contributed by atoms with Gasteiger partial charge in [0.2, 0.25) is 0 Å². The summed E-state index contributed by atoms with van der Waals surface area (Å²) in [6.07, 6.45) is -0.330. The minimum absolute atomic E-state index is 0.169. The standard InChI is InChI=1S/C9H6O2.C7H16FO2P/c10-9-6-5-7-3-1-2-4-8(7)11-9;1-6(7(2,3)4)10-11(5,8)9/h1-6H;6H,1-5H3. The van der Waals surface area contributed by atoms with Gasteiger partial charge in [-0.2, -0.15) is 4.20 Å². The second-order valence-electron chi connectivity index (χ2n) is 6.15. The topological polar surface area (TPSA) is 56.5 Å². The summed E-state index contributed by atoms with van der Waals surface area (Å²) in [6, 6.07) is 10.6. The highest BCUT2D eigenvalue weighted by molar-refractivity contribution is 7.52. The van der Waals surface area contributed by atoms with Crippen LogP contribution in [0.15, 0.2) is 45.6 Å². The van der Waals surface area contributed by atoms with Crippen molar-refractivity contribution in [2.75, 3.05) is 6.66 Å². The van der Waals surface area contributed by atoms with Crippen molar-refractivity contribution in [1.29, 1.82) is 0 Å². The molecule has 0 N–H and O–H groups in total. The molecule has 2 aromatic rings. The molecule has 0 radical (unpaired) electrons. The molecule has 1 aromatic heterocycles. The molecule has 2 unspecified atom stereocenters. The van der Waals surface area contributed by atoms with Crippen LogP contribution in [0.2, 0.25) is 0 Å². The molecular weight excluding hydrogens is 306 g/mol. The van der Waals surface area contributed by atoms with Gasteiger partial charge in [-0.3, -0.25) is 4.57 Å². The number of benzene rings is 1. The Morgan fingerprint density at radius 1 is 1.18 bits per heavy atom. The number of hydrogen-bond acceptors (Lipinski definition) is 4. The molecule has 0 aliphatic rings. The van der Waals surface area contributed by atoms with E-state index < -0.39 is 7.68 Å². The minimum atomic E-state index is -3.82. The average Bonchev–Trinajstić information content (AvgIpc) is 2.36. The Morgan fingerprint density at radius 2 is 1.77 bits per heavy atom. The maximum absolute atomic E-state index is 12.5. The Kier molecular flexibility index (Phi) is 6.09. The highest BCUT2D eigenvalue weighted by Gasteiger charge is 2.27. The van der Waals surface area contributed by atoms with Gasteiger partial charge in [0.05, 0.1) is 6.10 Å². The minimum Gasteiger partial charge on any atom is -0.423 e. The molecule has 1 aromatic carbocycles. The highest BCUT2D eigenvalue weighted by Crippen LogP contribution is 2.47. The van der Waals surface area contributed by atoms with Crippen LogP contribution in [0.25, 0.3) is 11.0 Å². The van der Waals surface area contributed by atoms with Crippen molar-refractivity contribution in [3.05, 3.63) is 46.8 Å². The second-order valence-corrected chi connectivity index (χ2v) is 7.86. The van der Waals surface area contributed by atoms with Crippen LogP contribution < -0.4 is 5.63 Å². The van der Waals surface area contributed by atoms with Crippen LogP contribution in [-0.2, 0) is 9.09 Å². The summed E-state index contributed by atoms with van der Waals surface area (Å²) in [5.41, 5.74) is 0.168. The summed E-state index contributed by atoms with van der Waals surface area (Å²) in [7, 11) is -3.82. The summed E-state index contributed by atoms with van der Waals surface area (Å²) in [5, 5.41) is 0.951. The third-order valence-corrected chi connectivity index (χ3v) is 3.79. The largest absolute Gasteiger partial charge is 0.423 e.